The molecule has 152 valence electrons. The van der Waals surface area contributed by atoms with E-state index in [-0.39, 0.29) is 12.2 Å². The minimum absolute atomic E-state index is 0.231. The van der Waals surface area contributed by atoms with Crippen LogP contribution in [0, 0.1) is 0 Å². The lowest BCUT2D eigenvalue weighted by Gasteiger charge is -2.37. The minimum atomic E-state index is 0.231. The number of ether oxygens (including phenoxy) is 2. The zero-order valence-electron chi connectivity index (χ0n) is 17.6. The molecule has 0 aliphatic carbocycles. The molecular formula is C24H34N2O2. The highest BCUT2D eigenvalue weighted by atomic mass is 16.5. The van der Waals surface area contributed by atoms with Crippen molar-refractivity contribution in [2.24, 2.45) is 0 Å². The van der Waals surface area contributed by atoms with Crippen molar-refractivity contribution in [2.75, 3.05) is 40.4 Å². The Morgan fingerprint density at radius 3 is 1.36 bits per heavy atom. The minimum Gasteiger partial charge on any atom is -0.371 e. The highest BCUT2D eigenvalue weighted by molar-refractivity contribution is 5.20. The topological polar surface area (TPSA) is 24.9 Å². The third-order valence-electron chi connectivity index (χ3n) is 6.01. The summed E-state index contributed by atoms with van der Waals surface area (Å²) in [6.45, 7) is 8.17. The number of morpholine rings is 2. The molecule has 0 amide bonds. The van der Waals surface area contributed by atoms with Crippen molar-refractivity contribution in [3.8, 4) is 0 Å². The van der Waals surface area contributed by atoms with Gasteiger partial charge >= 0.3 is 0 Å². The molecule has 0 saturated carbocycles. The molecule has 4 heteroatoms. The molecule has 2 aromatic rings. The maximum absolute atomic E-state index is 5.80. The molecule has 2 aliphatic rings. The van der Waals surface area contributed by atoms with Crippen LogP contribution in [0.2, 0.25) is 0 Å². The van der Waals surface area contributed by atoms with Crippen LogP contribution in [-0.2, 0) is 9.47 Å². The van der Waals surface area contributed by atoms with Crippen molar-refractivity contribution in [1.29, 1.82) is 0 Å². The number of nitrogens with zero attached hydrogens (tertiary/aromatic N) is 2. The van der Waals surface area contributed by atoms with Crippen LogP contribution < -0.4 is 0 Å². The first-order valence-corrected chi connectivity index (χ1v) is 10.3. The van der Waals surface area contributed by atoms with Gasteiger partial charge < -0.3 is 9.47 Å². The van der Waals surface area contributed by atoms with Gasteiger partial charge in [-0.2, -0.15) is 0 Å². The molecule has 4 rings (SSSR count). The zero-order valence-corrected chi connectivity index (χ0v) is 17.6. The maximum Gasteiger partial charge on any atom is 0.0977 e. The van der Waals surface area contributed by atoms with E-state index in [9.17, 15) is 0 Å². The largest absolute Gasteiger partial charge is 0.371 e. The van der Waals surface area contributed by atoms with Gasteiger partial charge in [-0.1, -0.05) is 60.7 Å². The SMILES string of the molecule is C[C@@H]1[C@@H](c2ccccc2)OCCN1C.C[C@@H]1[C@@H](c2ccccc2)OCCN1C. The van der Waals surface area contributed by atoms with Gasteiger partial charge in [0, 0.05) is 25.2 Å². The average molecular weight is 383 g/mol. The molecule has 4 nitrogen and oxygen atoms in total. The zero-order chi connectivity index (χ0) is 19.9. The normalized spacial score (nSPS) is 29.0. The van der Waals surface area contributed by atoms with Gasteiger partial charge in [-0.25, -0.2) is 0 Å². The first-order valence-electron chi connectivity index (χ1n) is 10.3. The molecule has 2 heterocycles. The number of likely N-dealkylation sites (N-methyl/N-ethyl adjacent to an activating group) is 2. The molecule has 0 radical (unpaired) electrons. The first kappa shape index (κ1) is 21.0. The molecule has 0 spiro atoms. The molecule has 2 fully saturated rings. The summed E-state index contributed by atoms with van der Waals surface area (Å²) in [5.74, 6) is 0. The van der Waals surface area contributed by atoms with Crippen molar-refractivity contribution in [1.82, 2.24) is 9.80 Å². The molecule has 4 atom stereocenters. The average Bonchev–Trinajstić information content (AvgIpc) is 2.74. The van der Waals surface area contributed by atoms with Crippen LogP contribution in [0.15, 0.2) is 60.7 Å². The van der Waals surface area contributed by atoms with Crippen LogP contribution in [0.1, 0.15) is 37.2 Å². The smallest absolute Gasteiger partial charge is 0.0977 e. The van der Waals surface area contributed by atoms with Crippen molar-refractivity contribution < 1.29 is 9.47 Å². The van der Waals surface area contributed by atoms with Gasteiger partial charge in [0.25, 0.3) is 0 Å². The summed E-state index contributed by atoms with van der Waals surface area (Å²) in [6.07, 6.45) is 0.463. The van der Waals surface area contributed by atoms with E-state index in [4.69, 9.17) is 9.47 Å². The summed E-state index contributed by atoms with van der Waals surface area (Å²) in [4.78, 5) is 4.70. The highest BCUT2D eigenvalue weighted by Gasteiger charge is 2.28. The second-order valence-corrected chi connectivity index (χ2v) is 7.85. The Bertz CT molecular complexity index is 633. The Morgan fingerprint density at radius 2 is 1.00 bits per heavy atom. The van der Waals surface area contributed by atoms with E-state index < -0.39 is 0 Å². The van der Waals surface area contributed by atoms with E-state index in [2.05, 4.69) is 86.3 Å². The second kappa shape index (κ2) is 10.2. The second-order valence-electron chi connectivity index (χ2n) is 7.85. The molecule has 2 aliphatic heterocycles. The Hall–Kier alpha value is -1.72. The van der Waals surface area contributed by atoms with Crippen LogP contribution in [0.3, 0.4) is 0 Å². The number of benzene rings is 2. The van der Waals surface area contributed by atoms with E-state index in [1.54, 1.807) is 0 Å². The van der Waals surface area contributed by atoms with Crippen LogP contribution in [0.4, 0.5) is 0 Å². The quantitative estimate of drug-likeness (QED) is 0.779. The lowest BCUT2D eigenvalue weighted by Crippen LogP contribution is -2.42. The lowest BCUT2D eigenvalue weighted by atomic mass is 10.0. The molecule has 0 N–H and O–H groups in total. The summed E-state index contributed by atoms with van der Waals surface area (Å²) in [5.41, 5.74) is 2.57. The van der Waals surface area contributed by atoms with Crippen molar-refractivity contribution in [3.05, 3.63) is 71.8 Å². The molecule has 0 aromatic heterocycles. The number of hydrogen-bond acceptors (Lipinski definition) is 4. The molecule has 2 saturated heterocycles. The molecular weight excluding hydrogens is 348 g/mol. The molecule has 28 heavy (non-hydrogen) atoms. The Morgan fingerprint density at radius 1 is 0.643 bits per heavy atom. The Labute approximate surface area is 170 Å². The van der Waals surface area contributed by atoms with E-state index >= 15 is 0 Å². The number of hydrogen-bond donors (Lipinski definition) is 0. The molecule has 0 unspecified atom stereocenters. The van der Waals surface area contributed by atoms with E-state index in [1.807, 2.05) is 12.1 Å². The number of rotatable bonds is 2. The van der Waals surface area contributed by atoms with Gasteiger partial charge in [0.05, 0.1) is 25.4 Å². The van der Waals surface area contributed by atoms with Gasteiger partial charge in [0.1, 0.15) is 0 Å². The van der Waals surface area contributed by atoms with E-state index in [1.165, 1.54) is 11.1 Å². The van der Waals surface area contributed by atoms with Crippen molar-refractivity contribution in [2.45, 2.75) is 38.1 Å². The fourth-order valence-corrected chi connectivity index (χ4v) is 3.83. The summed E-state index contributed by atoms with van der Waals surface area (Å²) in [5, 5.41) is 0. The van der Waals surface area contributed by atoms with Gasteiger partial charge in [-0.3, -0.25) is 9.80 Å². The summed E-state index contributed by atoms with van der Waals surface area (Å²) in [7, 11) is 4.31. The highest BCUT2D eigenvalue weighted by Crippen LogP contribution is 2.27. The van der Waals surface area contributed by atoms with Crippen LogP contribution in [-0.4, -0.2) is 62.3 Å². The Balaban J connectivity index is 0.000000161. The van der Waals surface area contributed by atoms with E-state index in [0.29, 0.717) is 12.1 Å². The summed E-state index contributed by atoms with van der Waals surface area (Å²) in [6, 6.07) is 21.8. The molecule has 2 aromatic carbocycles. The first-order chi connectivity index (χ1) is 13.6. The predicted molar refractivity (Wildman–Crippen MR) is 114 cm³/mol. The van der Waals surface area contributed by atoms with Crippen molar-refractivity contribution >= 4 is 0 Å². The summed E-state index contributed by atoms with van der Waals surface area (Å²) < 4.78 is 11.6. The maximum atomic E-state index is 5.80. The van der Waals surface area contributed by atoms with Crippen LogP contribution in [0.25, 0.3) is 0 Å². The third-order valence-corrected chi connectivity index (χ3v) is 6.01. The van der Waals surface area contributed by atoms with Crippen molar-refractivity contribution in [3.63, 3.8) is 0 Å². The lowest BCUT2D eigenvalue weighted by molar-refractivity contribution is -0.0572. The van der Waals surface area contributed by atoms with Gasteiger partial charge in [-0.15, -0.1) is 0 Å². The van der Waals surface area contributed by atoms with E-state index in [0.717, 1.165) is 26.3 Å². The van der Waals surface area contributed by atoms with Gasteiger partial charge in [0.2, 0.25) is 0 Å². The fraction of sp³-hybridized carbons (Fsp3) is 0.500. The van der Waals surface area contributed by atoms with Crippen LogP contribution in [0.5, 0.6) is 0 Å². The predicted octanol–water partition coefficient (Wildman–Crippen LogP) is 4.16. The van der Waals surface area contributed by atoms with Gasteiger partial charge in [0.15, 0.2) is 0 Å². The standard InChI is InChI=1S/2C12H17NO/c2*1-10-12(14-9-8-13(10)2)11-6-4-3-5-7-11/h2*3-7,10,12H,8-9H2,1-2H3/t2*10-,12+/m11/s1. The monoisotopic (exact) mass is 382 g/mol. The third kappa shape index (κ3) is 5.21. The summed E-state index contributed by atoms with van der Waals surface area (Å²) >= 11 is 0. The fourth-order valence-electron chi connectivity index (χ4n) is 3.83. The molecule has 0 bridgehead atoms. The Kier molecular flexibility index (Phi) is 7.63. The van der Waals surface area contributed by atoms with Crippen LogP contribution >= 0.6 is 0 Å². The van der Waals surface area contributed by atoms with Gasteiger partial charge in [-0.05, 0) is 39.1 Å².